The molecule has 1 aliphatic rings. The molecule has 1 aromatic carbocycles. The number of benzene rings is 1. The van der Waals surface area contributed by atoms with E-state index >= 15 is 0 Å². The SMILES string of the molecule is Cc1ccc(C)c(Nc2cnc(C(=O)NC3CCCCCC3)cn2)c1. The molecule has 2 aromatic rings. The highest BCUT2D eigenvalue weighted by Crippen LogP contribution is 2.20. The molecular weight excluding hydrogens is 312 g/mol. The Morgan fingerprint density at radius 3 is 2.48 bits per heavy atom. The molecule has 0 atom stereocenters. The molecule has 0 saturated heterocycles. The molecule has 1 aliphatic carbocycles. The molecule has 1 saturated carbocycles. The first-order chi connectivity index (χ1) is 12.1. The summed E-state index contributed by atoms with van der Waals surface area (Å²) in [5, 5.41) is 6.36. The van der Waals surface area contributed by atoms with Gasteiger partial charge in [-0.05, 0) is 43.9 Å². The van der Waals surface area contributed by atoms with Crippen LogP contribution in [0, 0.1) is 13.8 Å². The van der Waals surface area contributed by atoms with Crippen LogP contribution in [0.3, 0.4) is 0 Å². The van der Waals surface area contributed by atoms with Gasteiger partial charge in [0.25, 0.3) is 5.91 Å². The lowest BCUT2D eigenvalue weighted by atomic mass is 10.1. The first-order valence-corrected chi connectivity index (χ1v) is 9.09. The molecule has 0 radical (unpaired) electrons. The van der Waals surface area contributed by atoms with Gasteiger partial charge in [0, 0.05) is 11.7 Å². The van der Waals surface area contributed by atoms with Crippen LogP contribution in [0.1, 0.15) is 60.1 Å². The summed E-state index contributed by atoms with van der Waals surface area (Å²) in [5.41, 5.74) is 3.70. The molecule has 2 N–H and O–H groups in total. The fourth-order valence-corrected chi connectivity index (χ4v) is 3.20. The van der Waals surface area contributed by atoms with E-state index in [4.69, 9.17) is 0 Å². The first kappa shape index (κ1) is 17.4. The number of hydrogen-bond acceptors (Lipinski definition) is 4. The van der Waals surface area contributed by atoms with Gasteiger partial charge in [0.2, 0.25) is 0 Å². The Morgan fingerprint density at radius 1 is 1.04 bits per heavy atom. The molecule has 25 heavy (non-hydrogen) atoms. The van der Waals surface area contributed by atoms with Crippen LogP contribution in [-0.2, 0) is 0 Å². The summed E-state index contributed by atoms with van der Waals surface area (Å²) in [6.45, 7) is 4.10. The zero-order valence-electron chi connectivity index (χ0n) is 15.0. The predicted octanol–water partition coefficient (Wildman–Crippen LogP) is 4.29. The Labute approximate surface area is 149 Å². The summed E-state index contributed by atoms with van der Waals surface area (Å²) in [7, 11) is 0. The highest BCUT2D eigenvalue weighted by atomic mass is 16.1. The van der Waals surface area contributed by atoms with Crippen LogP contribution in [0.5, 0.6) is 0 Å². The molecule has 1 fully saturated rings. The monoisotopic (exact) mass is 338 g/mol. The number of nitrogens with one attached hydrogen (secondary N) is 2. The van der Waals surface area contributed by atoms with Crippen molar-refractivity contribution in [3.05, 3.63) is 47.4 Å². The van der Waals surface area contributed by atoms with Crippen molar-refractivity contribution in [2.45, 2.75) is 58.4 Å². The maximum absolute atomic E-state index is 12.4. The van der Waals surface area contributed by atoms with E-state index in [1.54, 1.807) is 12.4 Å². The summed E-state index contributed by atoms with van der Waals surface area (Å²) in [6.07, 6.45) is 10.2. The molecule has 0 unspecified atom stereocenters. The van der Waals surface area contributed by atoms with E-state index in [1.165, 1.54) is 31.2 Å². The minimum Gasteiger partial charge on any atom is -0.348 e. The number of aryl methyl sites for hydroxylation is 2. The Morgan fingerprint density at radius 2 is 1.80 bits per heavy atom. The van der Waals surface area contributed by atoms with Crippen molar-refractivity contribution in [2.24, 2.45) is 0 Å². The third-order valence-corrected chi connectivity index (χ3v) is 4.73. The van der Waals surface area contributed by atoms with Gasteiger partial charge in [-0.3, -0.25) is 4.79 Å². The number of aromatic nitrogens is 2. The number of anilines is 2. The molecule has 5 heteroatoms. The predicted molar refractivity (Wildman–Crippen MR) is 100 cm³/mol. The summed E-state index contributed by atoms with van der Waals surface area (Å²) in [6, 6.07) is 6.49. The van der Waals surface area contributed by atoms with Crippen molar-refractivity contribution in [1.82, 2.24) is 15.3 Å². The average molecular weight is 338 g/mol. The lowest BCUT2D eigenvalue weighted by molar-refractivity contribution is 0.0928. The molecule has 1 aromatic heterocycles. The van der Waals surface area contributed by atoms with Gasteiger partial charge < -0.3 is 10.6 Å². The minimum absolute atomic E-state index is 0.127. The van der Waals surface area contributed by atoms with Crippen molar-refractivity contribution in [3.63, 3.8) is 0 Å². The van der Waals surface area contributed by atoms with Gasteiger partial charge in [-0.25, -0.2) is 9.97 Å². The number of carbonyl (C=O) groups is 1. The van der Waals surface area contributed by atoms with E-state index in [-0.39, 0.29) is 11.9 Å². The summed E-state index contributed by atoms with van der Waals surface area (Å²) >= 11 is 0. The number of carbonyl (C=O) groups excluding carboxylic acids is 1. The second-order valence-corrected chi connectivity index (χ2v) is 6.89. The number of rotatable bonds is 4. The summed E-state index contributed by atoms with van der Waals surface area (Å²) in [4.78, 5) is 21.0. The standard InChI is InChI=1S/C20H26N4O/c1-14-9-10-15(2)17(11-14)24-19-13-21-18(12-22-19)20(25)23-16-7-5-3-4-6-8-16/h9-13,16H,3-8H2,1-2H3,(H,22,24)(H,23,25). The topological polar surface area (TPSA) is 66.9 Å². The van der Waals surface area contributed by atoms with Crippen molar-refractivity contribution < 1.29 is 4.79 Å². The smallest absolute Gasteiger partial charge is 0.271 e. The van der Waals surface area contributed by atoms with Crippen LogP contribution in [0.15, 0.2) is 30.6 Å². The zero-order chi connectivity index (χ0) is 17.6. The lowest BCUT2D eigenvalue weighted by Crippen LogP contribution is -2.34. The third-order valence-electron chi connectivity index (χ3n) is 4.73. The highest BCUT2D eigenvalue weighted by Gasteiger charge is 2.16. The van der Waals surface area contributed by atoms with Gasteiger partial charge in [0.1, 0.15) is 11.5 Å². The van der Waals surface area contributed by atoms with E-state index in [0.29, 0.717) is 11.5 Å². The fourth-order valence-electron chi connectivity index (χ4n) is 3.20. The summed E-state index contributed by atoms with van der Waals surface area (Å²) < 4.78 is 0. The van der Waals surface area contributed by atoms with Gasteiger partial charge in [0.15, 0.2) is 0 Å². The second-order valence-electron chi connectivity index (χ2n) is 6.89. The molecule has 3 rings (SSSR count). The molecule has 0 spiro atoms. The molecule has 1 heterocycles. The molecule has 0 aliphatic heterocycles. The number of hydrogen-bond donors (Lipinski definition) is 2. The molecule has 5 nitrogen and oxygen atoms in total. The van der Waals surface area contributed by atoms with Crippen LogP contribution < -0.4 is 10.6 Å². The Bertz CT molecular complexity index is 719. The van der Waals surface area contributed by atoms with E-state index in [0.717, 1.165) is 24.1 Å². The maximum atomic E-state index is 12.4. The number of amides is 1. The first-order valence-electron chi connectivity index (χ1n) is 9.09. The Kier molecular flexibility index (Phi) is 5.64. The van der Waals surface area contributed by atoms with Crippen molar-refractivity contribution in [3.8, 4) is 0 Å². The van der Waals surface area contributed by atoms with Gasteiger partial charge >= 0.3 is 0 Å². The van der Waals surface area contributed by atoms with Crippen LogP contribution in [0.2, 0.25) is 0 Å². The second kappa shape index (κ2) is 8.10. The maximum Gasteiger partial charge on any atom is 0.271 e. The quantitative estimate of drug-likeness (QED) is 0.816. The Balaban J connectivity index is 1.63. The Hall–Kier alpha value is -2.43. The van der Waals surface area contributed by atoms with Crippen LogP contribution in [0.25, 0.3) is 0 Å². The van der Waals surface area contributed by atoms with Gasteiger partial charge in [-0.2, -0.15) is 0 Å². The molecule has 0 bridgehead atoms. The molecule has 132 valence electrons. The minimum atomic E-state index is -0.127. The normalized spacial score (nSPS) is 15.4. The summed E-state index contributed by atoms with van der Waals surface area (Å²) in [5.74, 6) is 0.511. The van der Waals surface area contributed by atoms with Gasteiger partial charge in [0.05, 0.1) is 12.4 Å². The molecule has 1 amide bonds. The highest BCUT2D eigenvalue weighted by molar-refractivity contribution is 5.92. The van der Waals surface area contributed by atoms with Crippen molar-refractivity contribution in [2.75, 3.05) is 5.32 Å². The largest absolute Gasteiger partial charge is 0.348 e. The lowest BCUT2D eigenvalue weighted by Gasteiger charge is -2.15. The average Bonchev–Trinajstić information content (AvgIpc) is 2.87. The van der Waals surface area contributed by atoms with E-state index in [2.05, 4.69) is 45.7 Å². The van der Waals surface area contributed by atoms with Crippen molar-refractivity contribution >= 4 is 17.4 Å². The van der Waals surface area contributed by atoms with Crippen LogP contribution in [0.4, 0.5) is 11.5 Å². The van der Waals surface area contributed by atoms with Crippen molar-refractivity contribution in [1.29, 1.82) is 0 Å². The fraction of sp³-hybridized carbons (Fsp3) is 0.450. The van der Waals surface area contributed by atoms with E-state index in [9.17, 15) is 4.79 Å². The number of nitrogens with zero attached hydrogens (tertiary/aromatic N) is 2. The van der Waals surface area contributed by atoms with Crippen LogP contribution in [-0.4, -0.2) is 21.9 Å². The van der Waals surface area contributed by atoms with Gasteiger partial charge in [-0.1, -0.05) is 37.8 Å². The zero-order valence-corrected chi connectivity index (χ0v) is 15.0. The third kappa shape index (κ3) is 4.78. The van der Waals surface area contributed by atoms with E-state index in [1.807, 2.05) is 6.92 Å². The molecular formula is C20H26N4O. The van der Waals surface area contributed by atoms with Crippen LogP contribution >= 0.6 is 0 Å². The van der Waals surface area contributed by atoms with E-state index < -0.39 is 0 Å². The van der Waals surface area contributed by atoms with Gasteiger partial charge in [-0.15, -0.1) is 0 Å².